The number of H-pyrrole nitrogens is 1. The number of aromatic amines is 1. The molecule has 2 aliphatic rings. The van der Waals surface area contributed by atoms with Crippen LogP contribution in [0.2, 0.25) is 0 Å². The van der Waals surface area contributed by atoms with Crippen molar-refractivity contribution in [3.8, 4) is 11.5 Å². The number of benzene rings is 2. The molecule has 2 unspecified atom stereocenters. The largest absolute Gasteiger partial charge is 0.467 e. The number of para-hydroxylation sites is 1. The van der Waals surface area contributed by atoms with Crippen molar-refractivity contribution in [2.45, 2.75) is 45.2 Å². The molecule has 0 fully saturated rings. The van der Waals surface area contributed by atoms with Gasteiger partial charge in [0.15, 0.2) is 11.5 Å². The second-order valence-electron chi connectivity index (χ2n) is 9.40. The Labute approximate surface area is 211 Å². The van der Waals surface area contributed by atoms with Crippen molar-refractivity contribution in [1.29, 1.82) is 0 Å². The van der Waals surface area contributed by atoms with E-state index in [2.05, 4.69) is 29.8 Å². The normalized spacial score (nSPS) is 18.5. The van der Waals surface area contributed by atoms with E-state index in [-0.39, 0.29) is 19.2 Å². The molecule has 2 atom stereocenters. The van der Waals surface area contributed by atoms with Crippen LogP contribution in [0.1, 0.15) is 49.6 Å². The van der Waals surface area contributed by atoms with Crippen LogP contribution in [-0.4, -0.2) is 66.2 Å². The van der Waals surface area contributed by atoms with Crippen molar-refractivity contribution in [2.24, 2.45) is 0 Å². The highest BCUT2D eigenvalue weighted by atomic mass is 16.7. The smallest absolute Gasteiger partial charge is 0.328 e. The maximum atomic E-state index is 14.0. The highest BCUT2D eigenvalue weighted by Crippen LogP contribution is 2.44. The molecule has 2 aromatic carbocycles. The fourth-order valence-electron chi connectivity index (χ4n) is 5.52. The molecule has 2 aliphatic heterocycles. The molecule has 1 amide bonds. The zero-order valence-electron chi connectivity index (χ0n) is 21.1. The summed E-state index contributed by atoms with van der Waals surface area (Å²) in [5.74, 6) is 0.795. The van der Waals surface area contributed by atoms with Gasteiger partial charge in [0.25, 0.3) is 0 Å². The lowest BCUT2D eigenvalue weighted by Gasteiger charge is -2.41. The van der Waals surface area contributed by atoms with Gasteiger partial charge in [0.1, 0.15) is 6.04 Å². The van der Waals surface area contributed by atoms with Gasteiger partial charge in [0.2, 0.25) is 12.7 Å². The van der Waals surface area contributed by atoms with Gasteiger partial charge in [-0.25, -0.2) is 4.79 Å². The van der Waals surface area contributed by atoms with Gasteiger partial charge in [0.05, 0.1) is 19.7 Å². The van der Waals surface area contributed by atoms with Crippen molar-refractivity contribution in [1.82, 2.24) is 14.8 Å². The summed E-state index contributed by atoms with van der Waals surface area (Å²) in [5, 5.41) is 1.05. The first kappa shape index (κ1) is 24.2. The van der Waals surface area contributed by atoms with Crippen molar-refractivity contribution in [3.05, 3.63) is 59.3 Å². The maximum Gasteiger partial charge on any atom is 0.328 e. The lowest BCUT2D eigenvalue weighted by molar-refractivity contribution is -0.155. The number of carbonyl (C=O) groups is 2. The standard InChI is InChI=1S/C28H33N3O5/c1-4-12-30(13-5-2)16-25(32)31-22(28(33)34-3)15-20-19-8-6-7-9-21(19)29-26(20)27(31)18-10-11-23-24(14-18)36-17-35-23/h6-11,14,22,27,29H,4-5,12-13,15-17H2,1-3H3. The summed E-state index contributed by atoms with van der Waals surface area (Å²) in [6, 6.07) is 12.5. The molecule has 3 aromatic rings. The monoisotopic (exact) mass is 491 g/mol. The van der Waals surface area contributed by atoms with Gasteiger partial charge >= 0.3 is 5.97 Å². The van der Waals surface area contributed by atoms with Gasteiger partial charge in [-0.05, 0) is 55.3 Å². The molecule has 36 heavy (non-hydrogen) atoms. The number of methoxy groups -OCH3 is 1. The molecule has 3 heterocycles. The summed E-state index contributed by atoms with van der Waals surface area (Å²) in [4.78, 5) is 34.7. The topological polar surface area (TPSA) is 84.1 Å². The molecule has 5 rings (SSSR count). The van der Waals surface area contributed by atoms with E-state index in [0.717, 1.165) is 53.7 Å². The minimum absolute atomic E-state index is 0.0979. The fraction of sp³-hybridized carbons (Fsp3) is 0.429. The quantitative estimate of drug-likeness (QED) is 0.479. The third kappa shape index (κ3) is 4.30. The second kappa shape index (κ2) is 10.2. The van der Waals surface area contributed by atoms with E-state index in [1.54, 1.807) is 4.90 Å². The van der Waals surface area contributed by atoms with Gasteiger partial charge in [0, 0.05) is 23.0 Å². The summed E-state index contributed by atoms with van der Waals surface area (Å²) in [6.45, 7) is 6.27. The van der Waals surface area contributed by atoms with Crippen LogP contribution in [-0.2, 0) is 20.7 Å². The first-order chi connectivity index (χ1) is 17.5. The SMILES string of the molecule is CCCN(CCC)CC(=O)N1C(C(=O)OC)Cc2c([nH]c3ccccc23)C1c1ccc2c(c1)OCO2. The van der Waals surface area contributed by atoms with Crippen molar-refractivity contribution in [2.75, 3.05) is 33.5 Å². The molecule has 0 saturated heterocycles. The average Bonchev–Trinajstić information content (AvgIpc) is 3.51. The molecule has 0 radical (unpaired) electrons. The summed E-state index contributed by atoms with van der Waals surface area (Å²) >= 11 is 0. The molecule has 1 aromatic heterocycles. The second-order valence-corrected chi connectivity index (χ2v) is 9.40. The lowest BCUT2D eigenvalue weighted by Crippen LogP contribution is -2.54. The maximum absolute atomic E-state index is 14.0. The molecular formula is C28H33N3O5. The molecule has 0 aliphatic carbocycles. The van der Waals surface area contributed by atoms with Crippen LogP contribution in [0.25, 0.3) is 10.9 Å². The Bertz CT molecular complexity index is 1260. The van der Waals surface area contributed by atoms with E-state index in [4.69, 9.17) is 14.2 Å². The van der Waals surface area contributed by atoms with Crippen LogP contribution in [0.5, 0.6) is 11.5 Å². The average molecular weight is 492 g/mol. The molecule has 0 spiro atoms. The summed E-state index contributed by atoms with van der Waals surface area (Å²) in [6.07, 6.45) is 2.29. The molecule has 8 heteroatoms. The van der Waals surface area contributed by atoms with E-state index < -0.39 is 18.1 Å². The lowest BCUT2D eigenvalue weighted by atomic mass is 9.87. The number of amides is 1. The predicted octanol–water partition coefficient (Wildman–Crippen LogP) is 4.03. The van der Waals surface area contributed by atoms with E-state index >= 15 is 0 Å². The van der Waals surface area contributed by atoms with Crippen molar-refractivity contribution >= 4 is 22.8 Å². The van der Waals surface area contributed by atoms with Crippen LogP contribution < -0.4 is 9.47 Å². The number of carbonyl (C=O) groups excluding carboxylic acids is 2. The molecule has 190 valence electrons. The van der Waals surface area contributed by atoms with E-state index in [1.165, 1.54) is 7.11 Å². The molecule has 1 N–H and O–H groups in total. The summed E-state index contributed by atoms with van der Waals surface area (Å²) < 4.78 is 16.4. The van der Waals surface area contributed by atoms with E-state index in [9.17, 15) is 9.59 Å². The third-order valence-corrected chi connectivity index (χ3v) is 7.04. The zero-order valence-corrected chi connectivity index (χ0v) is 21.1. The Morgan fingerprint density at radius 3 is 2.58 bits per heavy atom. The number of nitrogens with one attached hydrogen (secondary N) is 1. The molecular weight excluding hydrogens is 458 g/mol. The Kier molecular flexibility index (Phi) is 6.87. The Morgan fingerprint density at radius 1 is 1.08 bits per heavy atom. The zero-order chi connectivity index (χ0) is 25.2. The third-order valence-electron chi connectivity index (χ3n) is 7.04. The number of nitrogens with zero attached hydrogens (tertiary/aromatic N) is 2. The Morgan fingerprint density at radius 2 is 1.83 bits per heavy atom. The Balaban J connectivity index is 1.65. The number of hydrogen-bond acceptors (Lipinski definition) is 6. The van der Waals surface area contributed by atoms with Crippen LogP contribution in [0.3, 0.4) is 0 Å². The summed E-state index contributed by atoms with van der Waals surface area (Å²) in [7, 11) is 1.38. The summed E-state index contributed by atoms with van der Waals surface area (Å²) in [5.41, 5.74) is 3.78. The van der Waals surface area contributed by atoms with Gasteiger partial charge < -0.3 is 24.1 Å². The highest BCUT2D eigenvalue weighted by molar-refractivity contribution is 5.91. The number of aromatic nitrogens is 1. The number of fused-ring (bicyclic) bond motifs is 4. The number of esters is 1. The minimum Gasteiger partial charge on any atom is -0.467 e. The molecule has 0 bridgehead atoms. The number of hydrogen-bond donors (Lipinski definition) is 1. The van der Waals surface area contributed by atoms with Gasteiger partial charge in [-0.1, -0.05) is 38.1 Å². The predicted molar refractivity (Wildman–Crippen MR) is 136 cm³/mol. The van der Waals surface area contributed by atoms with Crippen LogP contribution >= 0.6 is 0 Å². The van der Waals surface area contributed by atoms with Crippen molar-refractivity contribution < 1.29 is 23.8 Å². The Hall–Kier alpha value is -3.52. The first-order valence-corrected chi connectivity index (χ1v) is 12.7. The van der Waals surface area contributed by atoms with Gasteiger partial charge in [-0.15, -0.1) is 0 Å². The van der Waals surface area contributed by atoms with Gasteiger partial charge in [-0.2, -0.15) is 0 Å². The number of ether oxygens (including phenoxy) is 3. The van der Waals surface area contributed by atoms with Crippen LogP contribution in [0.15, 0.2) is 42.5 Å². The van der Waals surface area contributed by atoms with E-state index in [0.29, 0.717) is 17.9 Å². The molecule has 8 nitrogen and oxygen atoms in total. The van der Waals surface area contributed by atoms with Crippen LogP contribution in [0, 0.1) is 0 Å². The first-order valence-electron chi connectivity index (χ1n) is 12.7. The van der Waals surface area contributed by atoms with Gasteiger partial charge in [-0.3, -0.25) is 9.69 Å². The highest BCUT2D eigenvalue weighted by Gasteiger charge is 2.44. The minimum atomic E-state index is -0.741. The molecule has 0 saturated carbocycles. The number of rotatable bonds is 8. The van der Waals surface area contributed by atoms with Crippen molar-refractivity contribution in [3.63, 3.8) is 0 Å². The van der Waals surface area contributed by atoms with E-state index in [1.807, 2.05) is 36.4 Å². The fourth-order valence-corrected chi connectivity index (χ4v) is 5.52. The van der Waals surface area contributed by atoms with Crippen LogP contribution in [0.4, 0.5) is 0 Å².